The Labute approximate surface area is 167 Å². The summed E-state index contributed by atoms with van der Waals surface area (Å²) in [6.07, 6.45) is 2.56. The molecule has 29 heavy (non-hydrogen) atoms. The van der Waals surface area contributed by atoms with Crippen LogP contribution in [0.5, 0.6) is 0 Å². The number of anilines is 1. The van der Waals surface area contributed by atoms with E-state index in [1.165, 1.54) is 24.3 Å². The van der Waals surface area contributed by atoms with Gasteiger partial charge >= 0.3 is 0 Å². The van der Waals surface area contributed by atoms with Crippen LogP contribution in [0.25, 0.3) is 21.9 Å². The van der Waals surface area contributed by atoms with Crippen LogP contribution >= 0.6 is 0 Å². The lowest BCUT2D eigenvalue weighted by Gasteiger charge is -2.23. The molecule has 0 amide bonds. The van der Waals surface area contributed by atoms with E-state index in [0.717, 1.165) is 72.5 Å². The van der Waals surface area contributed by atoms with Crippen LogP contribution in [0.2, 0.25) is 0 Å². The highest BCUT2D eigenvalue weighted by molar-refractivity contribution is 6.11. The third kappa shape index (κ3) is 3.53. The van der Waals surface area contributed by atoms with E-state index in [0.29, 0.717) is 0 Å². The Balaban J connectivity index is 1.41. The van der Waals surface area contributed by atoms with Gasteiger partial charge in [0.15, 0.2) is 0 Å². The quantitative estimate of drug-likeness (QED) is 0.569. The van der Waals surface area contributed by atoms with E-state index in [4.69, 9.17) is 0 Å². The number of aromatic amines is 1. The summed E-state index contributed by atoms with van der Waals surface area (Å²) in [6.45, 7) is 4.39. The first-order valence-corrected chi connectivity index (χ1v) is 9.81. The monoisotopic (exact) mass is 393 g/mol. The third-order valence-corrected chi connectivity index (χ3v) is 5.54. The summed E-state index contributed by atoms with van der Waals surface area (Å²) in [5.41, 5.74) is 2.57. The van der Waals surface area contributed by atoms with Crippen molar-refractivity contribution in [3.05, 3.63) is 66.0 Å². The number of nitrogens with zero attached hydrogens (tertiary/aromatic N) is 4. The lowest BCUT2D eigenvalue weighted by molar-refractivity contribution is 0.285. The maximum absolute atomic E-state index is 13.6. The van der Waals surface area contributed by atoms with Gasteiger partial charge in [0.1, 0.15) is 29.4 Å². The van der Waals surface area contributed by atoms with E-state index in [1.807, 2.05) is 12.1 Å². The molecule has 0 radical (unpaired) electrons. The van der Waals surface area contributed by atoms with Crippen molar-refractivity contribution in [3.8, 4) is 0 Å². The zero-order valence-electron chi connectivity index (χ0n) is 15.9. The van der Waals surface area contributed by atoms with E-state index in [2.05, 4.69) is 24.8 Å². The van der Waals surface area contributed by atoms with E-state index in [1.54, 1.807) is 12.4 Å². The normalized spacial score (nSPS) is 15.9. The van der Waals surface area contributed by atoms with E-state index < -0.39 is 0 Å². The molecule has 1 N–H and O–H groups in total. The number of hydrogen-bond donors (Lipinski definition) is 1. The Kier molecular flexibility index (Phi) is 4.60. The number of aromatic nitrogens is 3. The summed E-state index contributed by atoms with van der Waals surface area (Å²) in [4.78, 5) is 16.8. The van der Waals surface area contributed by atoms with Gasteiger partial charge < -0.3 is 9.88 Å². The van der Waals surface area contributed by atoms with Crippen molar-refractivity contribution in [2.24, 2.45) is 0 Å². The molecule has 1 aliphatic rings. The molecule has 0 atom stereocenters. The molecule has 5 nitrogen and oxygen atoms in total. The molecular formula is C22H21F2N5. The molecule has 148 valence electrons. The van der Waals surface area contributed by atoms with Crippen molar-refractivity contribution >= 4 is 27.8 Å². The second-order valence-corrected chi connectivity index (χ2v) is 7.48. The summed E-state index contributed by atoms with van der Waals surface area (Å²) in [5, 5.41) is 1.87. The average Bonchev–Trinajstić information content (AvgIpc) is 2.93. The molecule has 2 aromatic carbocycles. The van der Waals surface area contributed by atoms with Crippen LogP contribution in [0.15, 0.2) is 48.8 Å². The third-order valence-electron chi connectivity index (χ3n) is 5.54. The fourth-order valence-electron chi connectivity index (χ4n) is 4.11. The Morgan fingerprint density at radius 2 is 1.72 bits per heavy atom. The molecule has 4 aromatic rings. The van der Waals surface area contributed by atoms with Gasteiger partial charge in [0.2, 0.25) is 0 Å². The van der Waals surface area contributed by atoms with Gasteiger partial charge in [0.05, 0.1) is 10.9 Å². The smallest absolute Gasteiger partial charge is 0.143 e. The summed E-state index contributed by atoms with van der Waals surface area (Å²) >= 11 is 0. The number of rotatable bonds is 3. The Morgan fingerprint density at radius 1 is 0.897 bits per heavy atom. The molecule has 0 aliphatic carbocycles. The van der Waals surface area contributed by atoms with E-state index in [9.17, 15) is 8.78 Å². The summed E-state index contributed by atoms with van der Waals surface area (Å²) in [6, 6.07) is 11.5. The predicted octanol–water partition coefficient (Wildman–Crippen LogP) is 4.10. The highest BCUT2D eigenvalue weighted by Crippen LogP contribution is 2.31. The largest absolute Gasteiger partial charge is 0.355 e. The van der Waals surface area contributed by atoms with Gasteiger partial charge in [-0.25, -0.2) is 18.7 Å². The van der Waals surface area contributed by atoms with Crippen molar-refractivity contribution in [1.29, 1.82) is 0 Å². The molecular weight excluding hydrogens is 372 g/mol. The first kappa shape index (κ1) is 18.0. The molecule has 1 saturated heterocycles. The Morgan fingerprint density at radius 3 is 2.59 bits per heavy atom. The maximum Gasteiger partial charge on any atom is 0.143 e. The van der Waals surface area contributed by atoms with Crippen LogP contribution in [0, 0.1) is 11.6 Å². The molecule has 3 heterocycles. The van der Waals surface area contributed by atoms with Crippen molar-refractivity contribution in [2.45, 2.75) is 13.0 Å². The number of hydrogen-bond acceptors (Lipinski definition) is 4. The molecule has 0 saturated carbocycles. The SMILES string of the molecule is Fc1ccc(CN2CCCN(c3ncnc4[nH]c5cc(F)ccc5c34)CC2)cc1. The number of fused-ring (bicyclic) bond motifs is 3. The van der Waals surface area contributed by atoms with Crippen LogP contribution in [0.1, 0.15) is 12.0 Å². The van der Waals surface area contributed by atoms with Crippen LogP contribution in [0.3, 0.4) is 0 Å². The van der Waals surface area contributed by atoms with Crippen molar-refractivity contribution in [3.63, 3.8) is 0 Å². The Hall–Kier alpha value is -3.06. The fraction of sp³-hybridized carbons (Fsp3) is 0.273. The number of halogens is 2. The fourth-order valence-corrected chi connectivity index (χ4v) is 4.11. The second kappa shape index (κ2) is 7.40. The van der Waals surface area contributed by atoms with Crippen molar-refractivity contribution in [2.75, 3.05) is 31.1 Å². The van der Waals surface area contributed by atoms with Crippen LogP contribution in [0.4, 0.5) is 14.6 Å². The Bertz CT molecular complexity index is 1160. The van der Waals surface area contributed by atoms with Gasteiger partial charge in [-0.3, -0.25) is 4.90 Å². The molecule has 1 fully saturated rings. The first-order chi connectivity index (χ1) is 14.2. The number of benzene rings is 2. The van der Waals surface area contributed by atoms with Crippen LogP contribution < -0.4 is 4.90 Å². The zero-order chi connectivity index (χ0) is 19.8. The number of nitrogens with one attached hydrogen (secondary N) is 1. The molecule has 2 aromatic heterocycles. The minimum Gasteiger partial charge on any atom is -0.355 e. The highest BCUT2D eigenvalue weighted by Gasteiger charge is 2.20. The molecule has 0 spiro atoms. The molecule has 1 aliphatic heterocycles. The first-order valence-electron chi connectivity index (χ1n) is 9.81. The van der Waals surface area contributed by atoms with Gasteiger partial charge in [-0.2, -0.15) is 0 Å². The second-order valence-electron chi connectivity index (χ2n) is 7.48. The zero-order valence-corrected chi connectivity index (χ0v) is 15.9. The van der Waals surface area contributed by atoms with Gasteiger partial charge in [-0.05, 0) is 42.3 Å². The van der Waals surface area contributed by atoms with Crippen molar-refractivity contribution in [1.82, 2.24) is 19.9 Å². The molecule has 5 rings (SSSR count). The topological polar surface area (TPSA) is 48.1 Å². The highest BCUT2D eigenvalue weighted by atomic mass is 19.1. The lowest BCUT2D eigenvalue weighted by Crippen LogP contribution is -2.31. The minimum absolute atomic E-state index is 0.206. The lowest BCUT2D eigenvalue weighted by atomic mass is 10.2. The summed E-state index contributed by atoms with van der Waals surface area (Å²) in [5.74, 6) is 0.406. The molecule has 0 bridgehead atoms. The predicted molar refractivity (Wildman–Crippen MR) is 110 cm³/mol. The minimum atomic E-state index is -0.273. The average molecular weight is 393 g/mol. The standard InChI is InChI=1S/C22H21F2N5/c23-16-4-2-15(3-5-16)13-28-8-1-9-29(11-10-28)22-20-18-7-6-17(24)12-19(18)27-21(20)25-14-26-22/h2-7,12,14H,1,8-11,13H2,(H,25,26,27). The van der Waals surface area contributed by atoms with Crippen LogP contribution in [-0.4, -0.2) is 46.0 Å². The summed E-state index contributed by atoms with van der Waals surface area (Å²) < 4.78 is 26.8. The number of H-pyrrole nitrogens is 1. The van der Waals surface area contributed by atoms with Crippen molar-refractivity contribution < 1.29 is 8.78 Å². The van der Waals surface area contributed by atoms with Gasteiger partial charge in [0.25, 0.3) is 0 Å². The van der Waals surface area contributed by atoms with E-state index >= 15 is 0 Å². The van der Waals surface area contributed by atoms with Crippen LogP contribution in [-0.2, 0) is 6.54 Å². The van der Waals surface area contributed by atoms with Gasteiger partial charge in [-0.1, -0.05) is 12.1 Å². The van der Waals surface area contributed by atoms with Gasteiger partial charge in [-0.15, -0.1) is 0 Å². The maximum atomic E-state index is 13.6. The van der Waals surface area contributed by atoms with Gasteiger partial charge in [0, 0.05) is 38.1 Å². The molecule has 0 unspecified atom stereocenters. The summed E-state index contributed by atoms with van der Waals surface area (Å²) in [7, 11) is 0. The molecule has 7 heteroatoms. The van der Waals surface area contributed by atoms with E-state index in [-0.39, 0.29) is 11.6 Å².